The molecule has 0 unspecified atom stereocenters. The fourth-order valence-corrected chi connectivity index (χ4v) is 2.97. The van der Waals surface area contributed by atoms with Crippen LogP contribution in [-0.2, 0) is 20.9 Å². The second-order valence-electron chi connectivity index (χ2n) is 5.41. The van der Waals surface area contributed by atoms with Crippen LogP contribution < -0.4 is 9.47 Å². The Bertz CT molecular complexity index is 892. The van der Waals surface area contributed by atoms with Crippen LogP contribution in [0.1, 0.15) is 11.1 Å². The van der Waals surface area contributed by atoms with Gasteiger partial charge in [0, 0.05) is 12.1 Å². The van der Waals surface area contributed by atoms with Gasteiger partial charge in [-0.2, -0.15) is 0 Å². The molecule has 0 saturated carbocycles. The van der Waals surface area contributed by atoms with Crippen LogP contribution in [0.2, 0.25) is 10.0 Å². The minimum Gasteiger partial charge on any atom is -0.503 e. The fraction of sp³-hybridized carbons (Fsp3) is 0.190. The molecular weight excluding hydrogens is 403 g/mol. The molecule has 0 aliphatic heterocycles. The number of carbonyl (C=O) groups is 1. The number of terminal acetylenes is 1. The number of hydrogen-bond acceptors (Lipinski definition) is 5. The molecule has 7 heteroatoms. The quantitative estimate of drug-likeness (QED) is 0.267. The number of methoxy groups -OCH3 is 2. The number of carbonyl (C=O) groups excluding carboxylic acids is 1. The maximum absolute atomic E-state index is 12.1. The zero-order valence-corrected chi connectivity index (χ0v) is 16.8. The molecule has 0 radical (unpaired) electrons. The molecule has 0 aromatic heterocycles. The first-order valence-electron chi connectivity index (χ1n) is 8.09. The number of rotatable bonds is 8. The fourth-order valence-electron chi connectivity index (χ4n) is 2.39. The van der Waals surface area contributed by atoms with Gasteiger partial charge in [0.05, 0.1) is 30.5 Å². The highest BCUT2D eigenvalue weighted by molar-refractivity contribution is 6.37. The monoisotopic (exact) mass is 420 g/mol. The van der Waals surface area contributed by atoms with Crippen molar-refractivity contribution in [1.29, 1.82) is 0 Å². The van der Waals surface area contributed by atoms with Gasteiger partial charge in [-0.3, -0.25) is 0 Å². The smallest absolute Gasteiger partial charge is 0.341 e. The van der Waals surface area contributed by atoms with E-state index >= 15 is 0 Å². The third kappa shape index (κ3) is 5.35. The molecule has 0 saturated heterocycles. The van der Waals surface area contributed by atoms with E-state index in [1.54, 1.807) is 24.3 Å². The van der Waals surface area contributed by atoms with Crippen molar-refractivity contribution in [3.05, 3.63) is 63.8 Å². The Kier molecular flexibility index (Phi) is 8.06. The predicted octanol–water partition coefficient (Wildman–Crippen LogP) is 4.74. The highest BCUT2D eigenvalue weighted by Gasteiger charge is 2.17. The van der Waals surface area contributed by atoms with Crippen LogP contribution in [0.3, 0.4) is 0 Å². The molecule has 2 aromatic rings. The second kappa shape index (κ2) is 10.5. The standard InChI is InChI=1S/C21H18Cl2O5/c1-4-9-27-20-18(22)10-15(11-19(20)23)28-12-14-7-5-6-8-16(14)17(13-25-2)21(24)26-3/h1,5-8,10-11,13H,9,12H2,2-3H3/b17-13+. The van der Waals surface area contributed by atoms with Crippen LogP contribution in [0.5, 0.6) is 11.5 Å². The Morgan fingerprint density at radius 3 is 2.43 bits per heavy atom. The van der Waals surface area contributed by atoms with Crippen LogP contribution in [0.4, 0.5) is 0 Å². The number of esters is 1. The van der Waals surface area contributed by atoms with Gasteiger partial charge in [0.25, 0.3) is 0 Å². The van der Waals surface area contributed by atoms with Gasteiger partial charge >= 0.3 is 5.97 Å². The van der Waals surface area contributed by atoms with E-state index in [0.29, 0.717) is 17.1 Å². The Labute approximate surface area is 173 Å². The molecule has 0 spiro atoms. The first kappa shape index (κ1) is 21.5. The summed E-state index contributed by atoms with van der Waals surface area (Å²) in [6.45, 7) is 0.209. The highest BCUT2D eigenvalue weighted by atomic mass is 35.5. The molecular formula is C21H18Cl2O5. The molecule has 0 N–H and O–H groups in total. The first-order valence-corrected chi connectivity index (χ1v) is 8.85. The Morgan fingerprint density at radius 2 is 1.82 bits per heavy atom. The number of hydrogen-bond donors (Lipinski definition) is 0. The van der Waals surface area contributed by atoms with Crippen LogP contribution in [0.15, 0.2) is 42.7 Å². The molecule has 146 valence electrons. The molecule has 0 fully saturated rings. The van der Waals surface area contributed by atoms with E-state index < -0.39 is 5.97 Å². The van der Waals surface area contributed by atoms with Gasteiger partial charge in [-0.15, -0.1) is 6.42 Å². The Hall–Kier alpha value is -2.81. The highest BCUT2D eigenvalue weighted by Crippen LogP contribution is 2.37. The third-order valence-electron chi connectivity index (χ3n) is 3.61. The van der Waals surface area contributed by atoms with E-state index in [2.05, 4.69) is 5.92 Å². The van der Waals surface area contributed by atoms with Gasteiger partial charge in [0.1, 0.15) is 24.5 Å². The van der Waals surface area contributed by atoms with Crippen LogP contribution in [0, 0.1) is 12.3 Å². The van der Waals surface area contributed by atoms with Gasteiger partial charge < -0.3 is 18.9 Å². The minimum absolute atomic E-state index is 0.0508. The van der Waals surface area contributed by atoms with Gasteiger partial charge in [-0.1, -0.05) is 53.4 Å². The molecule has 5 nitrogen and oxygen atoms in total. The van der Waals surface area contributed by atoms with Gasteiger partial charge in [0.15, 0.2) is 5.75 Å². The lowest BCUT2D eigenvalue weighted by molar-refractivity contribution is -0.133. The molecule has 2 aromatic carbocycles. The zero-order valence-electron chi connectivity index (χ0n) is 15.3. The summed E-state index contributed by atoms with van der Waals surface area (Å²) in [7, 11) is 2.76. The van der Waals surface area contributed by atoms with E-state index in [1.807, 2.05) is 12.1 Å². The molecule has 0 bridgehead atoms. The van der Waals surface area contributed by atoms with Crippen molar-refractivity contribution in [2.75, 3.05) is 20.8 Å². The van der Waals surface area contributed by atoms with Gasteiger partial charge in [-0.05, 0) is 11.1 Å². The van der Waals surface area contributed by atoms with Gasteiger partial charge in [-0.25, -0.2) is 4.79 Å². The van der Waals surface area contributed by atoms with Crippen LogP contribution in [-0.4, -0.2) is 26.8 Å². The zero-order chi connectivity index (χ0) is 20.5. The summed E-state index contributed by atoms with van der Waals surface area (Å²) in [6, 6.07) is 10.4. The van der Waals surface area contributed by atoms with Crippen molar-refractivity contribution in [2.24, 2.45) is 0 Å². The Balaban J connectivity index is 2.25. The predicted molar refractivity (Wildman–Crippen MR) is 109 cm³/mol. The van der Waals surface area contributed by atoms with Crippen molar-refractivity contribution in [3.8, 4) is 23.8 Å². The molecule has 0 heterocycles. The molecule has 0 amide bonds. The second-order valence-corrected chi connectivity index (χ2v) is 6.23. The maximum Gasteiger partial charge on any atom is 0.341 e. The number of ether oxygens (including phenoxy) is 4. The number of halogens is 2. The lowest BCUT2D eigenvalue weighted by Gasteiger charge is -2.14. The van der Waals surface area contributed by atoms with E-state index in [9.17, 15) is 4.79 Å². The van der Waals surface area contributed by atoms with Crippen molar-refractivity contribution in [1.82, 2.24) is 0 Å². The average molecular weight is 421 g/mol. The first-order chi connectivity index (χ1) is 13.5. The van der Waals surface area contributed by atoms with Crippen molar-refractivity contribution in [2.45, 2.75) is 6.61 Å². The summed E-state index contributed by atoms with van der Waals surface area (Å²) in [4.78, 5) is 12.1. The topological polar surface area (TPSA) is 54.0 Å². The van der Waals surface area contributed by atoms with Crippen molar-refractivity contribution >= 4 is 34.7 Å². The van der Waals surface area contributed by atoms with Crippen LogP contribution >= 0.6 is 23.2 Å². The normalized spacial score (nSPS) is 10.8. The molecule has 2 rings (SSSR count). The lowest BCUT2D eigenvalue weighted by Crippen LogP contribution is -2.08. The Morgan fingerprint density at radius 1 is 1.14 bits per heavy atom. The van der Waals surface area contributed by atoms with E-state index in [-0.39, 0.29) is 28.8 Å². The molecule has 0 aliphatic rings. The van der Waals surface area contributed by atoms with E-state index in [4.69, 9.17) is 48.6 Å². The minimum atomic E-state index is -0.518. The summed E-state index contributed by atoms with van der Waals surface area (Å²) in [6.07, 6.45) is 6.51. The average Bonchev–Trinajstić information content (AvgIpc) is 2.69. The molecule has 0 aliphatic carbocycles. The summed E-state index contributed by atoms with van der Waals surface area (Å²) >= 11 is 12.4. The largest absolute Gasteiger partial charge is 0.503 e. The maximum atomic E-state index is 12.1. The summed E-state index contributed by atoms with van der Waals surface area (Å²) in [5.74, 6) is 2.57. The van der Waals surface area contributed by atoms with E-state index in [1.165, 1.54) is 20.5 Å². The van der Waals surface area contributed by atoms with E-state index in [0.717, 1.165) is 5.56 Å². The lowest BCUT2D eigenvalue weighted by atomic mass is 10.0. The van der Waals surface area contributed by atoms with Gasteiger partial charge in [0.2, 0.25) is 0 Å². The summed E-state index contributed by atoms with van der Waals surface area (Å²) < 4.78 is 21.0. The SMILES string of the molecule is C#CCOc1c(Cl)cc(OCc2ccccc2/C(=C\OC)C(=O)OC)cc1Cl. The molecule has 28 heavy (non-hydrogen) atoms. The van der Waals surface area contributed by atoms with Crippen molar-refractivity contribution in [3.63, 3.8) is 0 Å². The summed E-state index contributed by atoms with van der Waals surface area (Å²) in [5, 5.41) is 0.557. The van der Waals surface area contributed by atoms with Crippen LogP contribution in [0.25, 0.3) is 5.57 Å². The third-order valence-corrected chi connectivity index (χ3v) is 4.18. The molecule has 0 atom stereocenters. The summed E-state index contributed by atoms with van der Waals surface area (Å²) in [5.41, 5.74) is 1.65. The van der Waals surface area contributed by atoms with Crippen molar-refractivity contribution < 1.29 is 23.7 Å². The number of benzene rings is 2.